The van der Waals surface area contributed by atoms with Gasteiger partial charge in [-0.15, -0.1) is 0 Å². The van der Waals surface area contributed by atoms with Gasteiger partial charge in [0.05, 0.1) is 5.52 Å². The summed E-state index contributed by atoms with van der Waals surface area (Å²) in [6, 6.07) is 2.93. The van der Waals surface area contributed by atoms with Gasteiger partial charge in [-0.25, -0.2) is 0 Å². The third kappa shape index (κ3) is 1.29. The minimum Gasteiger partial charge on any atom is -0.508 e. The number of hydrogen-bond acceptors (Lipinski definition) is 3. The zero-order valence-corrected chi connectivity index (χ0v) is 7.62. The van der Waals surface area contributed by atoms with E-state index in [0.29, 0.717) is 12.1 Å². The Hall–Kier alpha value is -1.68. The van der Waals surface area contributed by atoms with Crippen molar-refractivity contribution >= 4 is 10.9 Å². The third-order valence-electron chi connectivity index (χ3n) is 2.25. The van der Waals surface area contributed by atoms with Crippen LogP contribution in [0.3, 0.4) is 0 Å². The van der Waals surface area contributed by atoms with Crippen LogP contribution in [-0.2, 0) is 6.42 Å². The molecule has 0 spiro atoms. The topological polar surface area (TPSA) is 82.3 Å². The maximum absolute atomic E-state index is 9.51. The predicted octanol–water partition coefficient (Wildman–Crippen LogP) is 1.08. The van der Waals surface area contributed by atoms with Crippen molar-refractivity contribution in [3.8, 4) is 11.5 Å². The van der Waals surface area contributed by atoms with E-state index in [1.165, 1.54) is 6.07 Å². The van der Waals surface area contributed by atoms with Crippen molar-refractivity contribution in [2.75, 3.05) is 6.54 Å². The molecule has 14 heavy (non-hydrogen) atoms. The fourth-order valence-corrected chi connectivity index (χ4v) is 1.62. The molecule has 0 saturated carbocycles. The molecule has 0 bridgehead atoms. The summed E-state index contributed by atoms with van der Waals surface area (Å²) in [5, 5.41) is 19.7. The zero-order chi connectivity index (χ0) is 10.1. The van der Waals surface area contributed by atoms with Gasteiger partial charge in [-0.3, -0.25) is 0 Å². The summed E-state index contributed by atoms with van der Waals surface area (Å²) in [7, 11) is 0. The lowest BCUT2D eigenvalue weighted by molar-refractivity contribution is 0.454. The van der Waals surface area contributed by atoms with Crippen LogP contribution in [0.1, 0.15) is 5.56 Å². The molecule has 2 rings (SSSR count). The van der Waals surface area contributed by atoms with Crippen LogP contribution in [0, 0.1) is 0 Å². The molecule has 0 amide bonds. The number of aromatic amines is 1. The molecule has 5 N–H and O–H groups in total. The Kier molecular flexibility index (Phi) is 2.05. The lowest BCUT2D eigenvalue weighted by atomic mass is 10.1. The molecular weight excluding hydrogens is 180 g/mol. The van der Waals surface area contributed by atoms with Gasteiger partial charge in [0.15, 0.2) is 0 Å². The Morgan fingerprint density at radius 1 is 1.29 bits per heavy atom. The minimum absolute atomic E-state index is 0.0586. The predicted molar refractivity (Wildman–Crippen MR) is 54.4 cm³/mol. The number of phenols is 2. The first kappa shape index (κ1) is 8.90. The molecule has 1 aromatic carbocycles. The van der Waals surface area contributed by atoms with E-state index in [0.717, 1.165) is 17.4 Å². The van der Waals surface area contributed by atoms with Crippen molar-refractivity contribution in [1.82, 2.24) is 4.98 Å². The van der Waals surface area contributed by atoms with Crippen molar-refractivity contribution in [2.24, 2.45) is 5.73 Å². The van der Waals surface area contributed by atoms with Crippen molar-refractivity contribution in [3.63, 3.8) is 0 Å². The largest absolute Gasteiger partial charge is 0.508 e. The van der Waals surface area contributed by atoms with Crippen molar-refractivity contribution in [3.05, 3.63) is 23.9 Å². The number of fused-ring (bicyclic) bond motifs is 1. The molecule has 0 aliphatic rings. The molecule has 2 aromatic rings. The summed E-state index contributed by atoms with van der Waals surface area (Å²) >= 11 is 0. The molecule has 0 atom stereocenters. The first-order chi connectivity index (χ1) is 6.72. The van der Waals surface area contributed by atoms with E-state index in [1.807, 2.05) is 0 Å². The highest BCUT2D eigenvalue weighted by atomic mass is 16.3. The summed E-state index contributed by atoms with van der Waals surface area (Å²) in [4.78, 5) is 2.95. The van der Waals surface area contributed by atoms with Gasteiger partial charge in [0, 0.05) is 17.6 Å². The molecule has 0 aliphatic heterocycles. The fourth-order valence-electron chi connectivity index (χ4n) is 1.62. The SMILES string of the molecule is NCCc1c[nH]c2c(O)cc(O)cc12. The summed E-state index contributed by atoms with van der Waals surface area (Å²) < 4.78 is 0. The van der Waals surface area contributed by atoms with E-state index in [9.17, 15) is 10.2 Å². The number of phenolic OH excluding ortho intramolecular Hbond substituents is 2. The van der Waals surface area contributed by atoms with E-state index >= 15 is 0 Å². The summed E-state index contributed by atoms with van der Waals surface area (Å²) in [6.45, 7) is 0.545. The minimum atomic E-state index is 0.0586. The molecule has 4 nitrogen and oxygen atoms in total. The van der Waals surface area contributed by atoms with Gasteiger partial charge in [-0.1, -0.05) is 0 Å². The first-order valence-corrected chi connectivity index (χ1v) is 4.44. The van der Waals surface area contributed by atoms with Crippen LogP contribution in [-0.4, -0.2) is 21.7 Å². The third-order valence-corrected chi connectivity index (χ3v) is 2.25. The molecule has 0 radical (unpaired) electrons. The number of aromatic nitrogens is 1. The van der Waals surface area contributed by atoms with Gasteiger partial charge < -0.3 is 20.9 Å². The quantitative estimate of drug-likeness (QED) is 0.574. The van der Waals surface area contributed by atoms with Crippen molar-refractivity contribution < 1.29 is 10.2 Å². The number of benzene rings is 1. The van der Waals surface area contributed by atoms with Crippen LogP contribution >= 0.6 is 0 Å². The highest BCUT2D eigenvalue weighted by Gasteiger charge is 2.08. The van der Waals surface area contributed by atoms with Crippen LogP contribution in [0.25, 0.3) is 10.9 Å². The Bertz CT molecular complexity index is 462. The first-order valence-electron chi connectivity index (χ1n) is 4.44. The molecule has 1 heterocycles. The van der Waals surface area contributed by atoms with E-state index in [-0.39, 0.29) is 11.5 Å². The standard InChI is InChI=1S/C10H12N2O2/c11-2-1-6-5-12-10-8(6)3-7(13)4-9(10)14/h3-5,12-14H,1-2,11H2. The average molecular weight is 192 g/mol. The molecule has 74 valence electrons. The van der Waals surface area contributed by atoms with Gasteiger partial charge in [-0.05, 0) is 24.6 Å². The molecular formula is C10H12N2O2. The van der Waals surface area contributed by atoms with Crippen LogP contribution in [0.4, 0.5) is 0 Å². The Morgan fingerprint density at radius 3 is 2.79 bits per heavy atom. The summed E-state index contributed by atoms with van der Waals surface area (Å²) in [5.74, 6) is 0.121. The van der Waals surface area contributed by atoms with Gasteiger partial charge in [0.25, 0.3) is 0 Å². The highest BCUT2D eigenvalue weighted by molar-refractivity contribution is 5.89. The van der Waals surface area contributed by atoms with Crippen LogP contribution in [0.2, 0.25) is 0 Å². The van der Waals surface area contributed by atoms with Gasteiger partial charge in [0.1, 0.15) is 11.5 Å². The Morgan fingerprint density at radius 2 is 2.07 bits per heavy atom. The van der Waals surface area contributed by atoms with Crippen molar-refractivity contribution in [1.29, 1.82) is 0 Å². The highest BCUT2D eigenvalue weighted by Crippen LogP contribution is 2.31. The van der Waals surface area contributed by atoms with E-state index in [4.69, 9.17) is 5.73 Å². The van der Waals surface area contributed by atoms with E-state index in [2.05, 4.69) is 4.98 Å². The zero-order valence-electron chi connectivity index (χ0n) is 7.62. The van der Waals surface area contributed by atoms with Gasteiger partial charge in [0.2, 0.25) is 0 Å². The van der Waals surface area contributed by atoms with Crippen LogP contribution in [0.5, 0.6) is 11.5 Å². The Labute approximate surface area is 81.0 Å². The number of rotatable bonds is 2. The fraction of sp³-hybridized carbons (Fsp3) is 0.200. The number of nitrogens with one attached hydrogen (secondary N) is 1. The number of hydrogen-bond donors (Lipinski definition) is 4. The second-order valence-corrected chi connectivity index (χ2v) is 3.24. The van der Waals surface area contributed by atoms with Crippen LogP contribution in [0.15, 0.2) is 18.3 Å². The Balaban J connectivity index is 2.66. The molecule has 1 aromatic heterocycles. The van der Waals surface area contributed by atoms with Crippen LogP contribution < -0.4 is 5.73 Å². The maximum atomic E-state index is 9.51. The average Bonchev–Trinajstić information content (AvgIpc) is 2.49. The van der Waals surface area contributed by atoms with E-state index in [1.54, 1.807) is 12.3 Å². The van der Waals surface area contributed by atoms with Crippen molar-refractivity contribution in [2.45, 2.75) is 6.42 Å². The monoisotopic (exact) mass is 192 g/mol. The second kappa shape index (κ2) is 3.23. The normalized spacial score (nSPS) is 10.9. The summed E-state index contributed by atoms with van der Waals surface area (Å²) in [5.41, 5.74) is 7.10. The number of nitrogens with two attached hydrogens (primary N) is 1. The number of H-pyrrole nitrogens is 1. The summed E-state index contributed by atoms with van der Waals surface area (Å²) in [6.07, 6.45) is 2.53. The van der Waals surface area contributed by atoms with Gasteiger partial charge in [-0.2, -0.15) is 0 Å². The molecule has 0 unspecified atom stereocenters. The lowest BCUT2D eigenvalue weighted by Crippen LogP contribution is -2.01. The molecule has 0 fully saturated rings. The number of aromatic hydroxyl groups is 2. The maximum Gasteiger partial charge on any atom is 0.143 e. The second-order valence-electron chi connectivity index (χ2n) is 3.24. The lowest BCUT2D eigenvalue weighted by Gasteiger charge is -1.99. The van der Waals surface area contributed by atoms with Gasteiger partial charge >= 0.3 is 0 Å². The molecule has 4 heteroatoms. The smallest absolute Gasteiger partial charge is 0.143 e. The van der Waals surface area contributed by atoms with E-state index < -0.39 is 0 Å². The molecule has 0 saturated heterocycles. The molecule has 0 aliphatic carbocycles.